The topological polar surface area (TPSA) is 40.5 Å². The molecular weight excluding hydrogens is 148 g/mol. The van der Waals surface area contributed by atoms with E-state index in [0.717, 1.165) is 12.0 Å². The predicted molar refractivity (Wildman–Crippen MR) is 43.5 cm³/mol. The summed E-state index contributed by atoms with van der Waals surface area (Å²) in [4.78, 5) is 0.864. The maximum Gasteiger partial charge on any atom is 0.115 e. The zero-order valence-corrected chi connectivity index (χ0v) is 6.55. The van der Waals surface area contributed by atoms with Crippen molar-refractivity contribution in [3.05, 3.63) is 24.3 Å². The van der Waals surface area contributed by atoms with E-state index in [1.807, 2.05) is 0 Å². The van der Waals surface area contributed by atoms with Gasteiger partial charge in [0, 0.05) is 12.0 Å². The molecular formula is C7H10O2S. The third kappa shape index (κ3) is 3.37. The summed E-state index contributed by atoms with van der Waals surface area (Å²) in [6.45, 7) is 0. The predicted octanol–water partition coefficient (Wildman–Crippen LogP) is 1.29. The zero-order valence-electron chi connectivity index (χ0n) is 5.65. The molecule has 0 radical (unpaired) electrons. The number of aliphatic hydroxyl groups excluding tert-OH is 1. The average Bonchev–Trinajstić information content (AvgIpc) is 2.00. The lowest BCUT2D eigenvalue weighted by atomic mass is 10.3. The summed E-state index contributed by atoms with van der Waals surface area (Å²) in [6, 6.07) is 6.67. The van der Waals surface area contributed by atoms with Gasteiger partial charge in [0.1, 0.15) is 5.75 Å². The Labute approximate surface area is 65.5 Å². The molecule has 3 heteroatoms. The highest BCUT2D eigenvalue weighted by molar-refractivity contribution is 7.80. The van der Waals surface area contributed by atoms with Crippen molar-refractivity contribution < 1.29 is 10.2 Å². The lowest BCUT2D eigenvalue weighted by Gasteiger charge is -1.88. The Hall–Kier alpha value is -0.670. The summed E-state index contributed by atoms with van der Waals surface area (Å²) in [5, 5.41) is 15.7. The zero-order chi connectivity index (χ0) is 7.98. The van der Waals surface area contributed by atoms with E-state index < -0.39 is 0 Å². The Balaban J connectivity index is 0.000000371. The number of phenolic OH excluding ortho intramolecular Hbond substituents is 1. The molecule has 2 nitrogen and oxygen atoms in total. The van der Waals surface area contributed by atoms with Crippen molar-refractivity contribution in [1.29, 1.82) is 0 Å². The fraction of sp³-hybridized carbons (Fsp3) is 0.143. The molecule has 0 atom stereocenters. The number of hydrogen-bond donors (Lipinski definition) is 3. The van der Waals surface area contributed by atoms with Crippen LogP contribution >= 0.6 is 12.6 Å². The van der Waals surface area contributed by atoms with Crippen molar-refractivity contribution in [1.82, 2.24) is 0 Å². The van der Waals surface area contributed by atoms with Crippen molar-refractivity contribution in [2.45, 2.75) is 4.90 Å². The Morgan fingerprint density at radius 2 is 1.50 bits per heavy atom. The molecule has 0 bridgehead atoms. The van der Waals surface area contributed by atoms with Gasteiger partial charge in [0.15, 0.2) is 0 Å². The summed E-state index contributed by atoms with van der Waals surface area (Å²) in [5.74, 6) is 0.280. The number of aromatic hydroxyl groups is 1. The normalized spacial score (nSPS) is 7.90. The van der Waals surface area contributed by atoms with Crippen LogP contribution in [-0.4, -0.2) is 17.3 Å². The van der Waals surface area contributed by atoms with Crippen molar-refractivity contribution in [2.75, 3.05) is 7.11 Å². The molecule has 0 saturated heterocycles. The minimum atomic E-state index is 0.280. The van der Waals surface area contributed by atoms with Crippen molar-refractivity contribution >= 4 is 12.6 Å². The highest BCUT2D eigenvalue weighted by Crippen LogP contribution is 2.11. The number of rotatable bonds is 0. The van der Waals surface area contributed by atoms with Crippen LogP contribution in [-0.2, 0) is 0 Å². The molecule has 0 saturated carbocycles. The molecule has 1 rings (SSSR count). The van der Waals surface area contributed by atoms with Gasteiger partial charge in [-0.2, -0.15) is 0 Å². The highest BCUT2D eigenvalue weighted by Gasteiger charge is 1.82. The van der Waals surface area contributed by atoms with E-state index in [1.54, 1.807) is 24.3 Å². The number of benzene rings is 1. The summed E-state index contributed by atoms with van der Waals surface area (Å²) >= 11 is 4.02. The molecule has 0 fully saturated rings. The third-order valence-corrected chi connectivity index (χ3v) is 1.15. The maximum absolute atomic E-state index is 8.72. The van der Waals surface area contributed by atoms with Crippen LogP contribution in [0, 0.1) is 0 Å². The van der Waals surface area contributed by atoms with Crippen LogP contribution in [0.5, 0.6) is 5.75 Å². The molecule has 0 aliphatic rings. The first-order chi connectivity index (χ1) is 4.79. The molecule has 1 aromatic rings. The first-order valence-electron chi connectivity index (χ1n) is 2.72. The molecule has 56 valence electrons. The second-order valence-corrected chi connectivity index (χ2v) is 2.03. The summed E-state index contributed by atoms with van der Waals surface area (Å²) in [7, 11) is 1.00. The molecule has 0 amide bonds. The van der Waals surface area contributed by atoms with Gasteiger partial charge in [-0.05, 0) is 24.3 Å². The molecule has 0 heterocycles. The SMILES string of the molecule is CO.Oc1ccc(S)cc1. The van der Waals surface area contributed by atoms with Crippen LogP contribution in [0.25, 0.3) is 0 Å². The standard InChI is InChI=1S/C6H6OS.CH4O/c7-5-1-3-6(8)4-2-5;1-2/h1-4,7-8H;2H,1H3. The fourth-order valence-corrected chi connectivity index (χ4v) is 0.602. The molecule has 10 heavy (non-hydrogen) atoms. The third-order valence-electron chi connectivity index (χ3n) is 0.850. The van der Waals surface area contributed by atoms with E-state index in [1.165, 1.54) is 0 Å². The highest BCUT2D eigenvalue weighted by atomic mass is 32.1. The summed E-state index contributed by atoms with van der Waals surface area (Å²) in [6.07, 6.45) is 0. The van der Waals surface area contributed by atoms with Crippen LogP contribution in [0.15, 0.2) is 29.2 Å². The first-order valence-corrected chi connectivity index (χ1v) is 3.16. The first kappa shape index (κ1) is 9.33. The quantitative estimate of drug-likeness (QED) is 0.498. The minimum Gasteiger partial charge on any atom is -0.508 e. The lowest BCUT2D eigenvalue weighted by molar-refractivity contribution is 0.399. The Bertz CT molecular complexity index is 150. The molecule has 0 unspecified atom stereocenters. The molecule has 0 aliphatic carbocycles. The smallest absolute Gasteiger partial charge is 0.115 e. The molecule has 0 aromatic heterocycles. The summed E-state index contributed by atoms with van der Waals surface area (Å²) < 4.78 is 0. The monoisotopic (exact) mass is 158 g/mol. The van der Waals surface area contributed by atoms with E-state index in [-0.39, 0.29) is 5.75 Å². The van der Waals surface area contributed by atoms with E-state index in [9.17, 15) is 0 Å². The Morgan fingerprint density at radius 1 is 1.10 bits per heavy atom. The van der Waals surface area contributed by atoms with Gasteiger partial charge < -0.3 is 10.2 Å². The van der Waals surface area contributed by atoms with Gasteiger partial charge in [-0.1, -0.05) is 0 Å². The van der Waals surface area contributed by atoms with E-state index >= 15 is 0 Å². The Morgan fingerprint density at radius 3 is 1.80 bits per heavy atom. The van der Waals surface area contributed by atoms with Gasteiger partial charge >= 0.3 is 0 Å². The van der Waals surface area contributed by atoms with Crippen LogP contribution in [0.2, 0.25) is 0 Å². The van der Waals surface area contributed by atoms with E-state index in [0.29, 0.717) is 0 Å². The lowest BCUT2D eigenvalue weighted by Crippen LogP contribution is -1.62. The molecule has 2 N–H and O–H groups in total. The van der Waals surface area contributed by atoms with Crippen molar-refractivity contribution in [3.63, 3.8) is 0 Å². The van der Waals surface area contributed by atoms with Gasteiger partial charge in [-0.25, -0.2) is 0 Å². The number of aliphatic hydroxyl groups is 1. The van der Waals surface area contributed by atoms with Gasteiger partial charge in [-0.15, -0.1) is 12.6 Å². The van der Waals surface area contributed by atoms with E-state index in [4.69, 9.17) is 10.2 Å². The van der Waals surface area contributed by atoms with Crippen molar-refractivity contribution in [2.24, 2.45) is 0 Å². The number of hydrogen-bond acceptors (Lipinski definition) is 3. The number of thiol groups is 1. The van der Waals surface area contributed by atoms with Gasteiger partial charge in [-0.3, -0.25) is 0 Å². The van der Waals surface area contributed by atoms with Crippen molar-refractivity contribution in [3.8, 4) is 5.75 Å². The summed E-state index contributed by atoms with van der Waals surface area (Å²) in [5.41, 5.74) is 0. The van der Waals surface area contributed by atoms with E-state index in [2.05, 4.69) is 12.6 Å². The fourth-order valence-electron chi connectivity index (χ4n) is 0.453. The van der Waals surface area contributed by atoms with Gasteiger partial charge in [0.2, 0.25) is 0 Å². The Kier molecular flexibility index (Phi) is 4.80. The van der Waals surface area contributed by atoms with Gasteiger partial charge in [0.25, 0.3) is 0 Å². The second-order valence-electron chi connectivity index (χ2n) is 1.52. The number of phenols is 1. The van der Waals surface area contributed by atoms with Crippen LogP contribution in [0.4, 0.5) is 0 Å². The van der Waals surface area contributed by atoms with Crippen LogP contribution in [0.1, 0.15) is 0 Å². The minimum absolute atomic E-state index is 0.280. The molecule has 0 aliphatic heterocycles. The van der Waals surface area contributed by atoms with Gasteiger partial charge in [0.05, 0.1) is 0 Å². The maximum atomic E-state index is 8.72. The molecule has 0 spiro atoms. The largest absolute Gasteiger partial charge is 0.508 e. The second kappa shape index (κ2) is 5.14. The van der Waals surface area contributed by atoms with Crippen LogP contribution in [0.3, 0.4) is 0 Å². The molecule has 1 aromatic carbocycles. The van der Waals surface area contributed by atoms with Crippen LogP contribution < -0.4 is 0 Å². The average molecular weight is 158 g/mol.